The third-order valence-electron chi connectivity index (χ3n) is 4.72. The average molecular weight is 338 g/mol. The molecule has 0 heteroatoms. The van der Waals surface area contributed by atoms with Gasteiger partial charge in [0.1, 0.15) is 0 Å². The molecule has 0 aromatic heterocycles. The molecule has 0 heterocycles. The van der Waals surface area contributed by atoms with Crippen LogP contribution in [-0.2, 0) is 0 Å². The summed E-state index contributed by atoms with van der Waals surface area (Å²) in [4.78, 5) is 0. The fourth-order valence-electron chi connectivity index (χ4n) is 2.99. The van der Waals surface area contributed by atoms with Crippen molar-refractivity contribution in [1.29, 1.82) is 0 Å². The lowest BCUT2D eigenvalue weighted by Gasteiger charge is -2.05. The summed E-state index contributed by atoms with van der Waals surface area (Å²) >= 11 is 0. The number of hydrogen-bond donors (Lipinski definition) is 0. The predicted molar refractivity (Wildman–Crippen MR) is 116 cm³/mol. The molecule has 3 aromatic rings. The molecule has 0 unspecified atom stereocenters. The minimum atomic E-state index is 1.23. The van der Waals surface area contributed by atoms with Gasteiger partial charge in [-0.05, 0) is 61.1 Å². The fourth-order valence-corrected chi connectivity index (χ4v) is 2.99. The van der Waals surface area contributed by atoms with Crippen molar-refractivity contribution in [1.82, 2.24) is 0 Å². The molecule has 0 aliphatic carbocycles. The van der Waals surface area contributed by atoms with Gasteiger partial charge in [0.15, 0.2) is 0 Å². The van der Waals surface area contributed by atoms with E-state index in [1.165, 1.54) is 44.5 Å². The van der Waals surface area contributed by atoms with E-state index in [0.29, 0.717) is 0 Å². The van der Waals surface area contributed by atoms with Crippen molar-refractivity contribution >= 4 is 23.3 Å². The van der Waals surface area contributed by atoms with Crippen LogP contribution in [0.15, 0.2) is 72.8 Å². The maximum atomic E-state index is 2.24. The standard InChI is InChI=1S/C26H26/c1-19-5-13-25(14-6-19)21(3)17-23-9-11-24(12-10-23)18-22(4)26-15-7-20(2)8-16-26/h5-18H,1-4H3/b21-17-,22-18+. The highest BCUT2D eigenvalue weighted by atomic mass is 14.0. The van der Waals surface area contributed by atoms with Gasteiger partial charge in [0, 0.05) is 0 Å². The summed E-state index contributed by atoms with van der Waals surface area (Å²) in [6, 6.07) is 26.1. The second-order valence-corrected chi connectivity index (χ2v) is 7.05. The van der Waals surface area contributed by atoms with Crippen LogP contribution >= 0.6 is 0 Å². The summed E-state index contributed by atoms with van der Waals surface area (Å²) < 4.78 is 0. The lowest BCUT2D eigenvalue weighted by atomic mass is 10.0. The molecule has 0 radical (unpaired) electrons. The van der Waals surface area contributed by atoms with Gasteiger partial charge in [-0.2, -0.15) is 0 Å². The lowest BCUT2D eigenvalue weighted by molar-refractivity contribution is 1.44. The van der Waals surface area contributed by atoms with Crippen LogP contribution in [0.1, 0.15) is 47.2 Å². The van der Waals surface area contributed by atoms with Crippen LogP contribution in [-0.4, -0.2) is 0 Å². The molecule has 0 saturated carbocycles. The molecule has 0 nitrogen and oxygen atoms in total. The van der Waals surface area contributed by atoms with Crippen molar-refractivity contribution in [3.63, 3.8) is 0 Å². The van der Waals surface area contributed by atoms with Gasteiger partial charge in [0.25, 0.3) is 0 Å². The highest BCUT2D eigenvalue weighted by molar-refractivity contribution is 5.82. The van der Waals surface area contributed by atoms with Gasteiger partial charge < -0.3 is 0 Å². The van der Waals surface area contributed by atoms with E-state index in [-0.39, 0.29) is 0 Å². The SMILES string of the molecule is C/C(=C/c1ccc(/C=C(\C)c2ccc(C)cc2)cc1)c1ccc(C)cc1. The molecule has 130 valence electrons. The van der Waals surface area contributed by atoms with Gasteiger partial charge in [-0.1, -0.05) is 96.1 Å². The molecule has 3 rings (SSSR count). The summed E-state index contributed by atoms with van der Waals surface area (Å²) in [5, 5.41) is 0. The zero-order chi connectivity index (χ0) is 18.5. The van der Waals surface area contributed by atoms with Crippen LogP contribution < -0.4 is 0 Å². The normalized spacial score (nSPS) is 12.3. The number of rotatable bonds is 4. The zero-order valence-corrected chi connectivity index (χ0v) is 16.1. The van der Waals surface area contributed by atoms with E-state index >= 15 is 0 Å². The van der Waals surface area contributed by atoms with Crippen molar-refractivity contribution in [2.24, 2.45) is 0 Å². The van der Waals surface area contributed by atoms with Crippen LogP contribution in [0.4, 0.5) is 0 Å². The Kier molecular flexibility index (Phi) is 5.53. The Labute approximate surface area is 157 Å². The van der Waals surface area contributed by atoms with Gasteiger partial charge in [0.05, 0.1) is 0 Å². The number of allylic oxidation sites excluding steroid dienone is 2. The van der Waals surface area contributed by atoms with Crippen LogP contribution in [0.2, 0.25) is 0 Å². The molecule has 0 saturated heterocycles. The minimum absolute atomic E-state index is 1.23. The first-order valence-corrected chi connectivity index (χ1v) is 9.12. The topological polar surface area (TPSA) is 0 Å². The van der Waals surface area contributed by atoms with E-state index in [1.807, 2.05) is 0 Å². The maximum Gasteiger partial charge on any atom is -0.0227 e. The Morgan fingerprint density at radius 2 is 0.808 bits per heavy atom. The lowest BCUT2D eigenvalue weighted by Crippen LogP contribution is -1.83. The van der Waals surface area contributed by atoms with Gasteiger partial charge in [-0.25, -0.2) is 0 Å². The third-order valence-corrected chi connectivity index (χ3v) is 4.72. The molecule has 3 aromatic carbocycles. The van der Waals surface area contributed by atoms with Crippen molar-refractivity contribution in [3.05, 3.63) is 106 Å². The molecule has 26 heavy (non-hydrogen) atoms. The third kappa shape index (κ3) is 4.61. The van der Waals surface area contributed by atoms with E-state index in [0.717, 1.165) is 0 Å². The molecule has 0 bridgehead atoms. The van der Waals surface area contributed by atoms with Crippen molar-refractivity contribution < 1.29 is 0 Å². The van der Waals surface area contributed by atoms with Gasteiger partial charge in [-0.3, -0.25) is 0 Å². The number of benzene rings is 3. The molecule has 0 spiro atoms. The van der Waals surface area contributed by atoms with Gasteiger partial charge in [0.2, 0.25) is 0 Å². The Morgan fingerprint density at radius 3 is 1.12 bits per heavy atom. The average Bonchev–Trinajstić information content (AvgIpc) is 2.64. The van der Waals surface area contributed by atoms with E-state index in [4.69, 9.17) is 0 Å². The van der Waals surface area contributed by atoms with E-state index < -0.39 is 0 Å². The molecule has 0 amide bonds. The number of hydrogen-bond acceptors (Lipinski definition) is 0. The molecule has 0 aliphatic rings. The maximum absolute atomic E-state index is 2.24. The second-order valence-electron chi connectivity index (χ2n) is 7.05. The molecule has 0 aliphatic heterocycles. The zero-order valence-electron chi connectivity index (χ0n) is 16.1. The molecular weight excluding hydrogens is 312 g/mol. The van der Waals surface area contributed by atoms with Crippen molar-refractivity contribution in [2.45, 2.75) is 27.7 Å². The van der Waals surface area contributed by atoms with Gasteiger partial charge >= 0.3 is 0 Å². The molecule has 0 atom stereocenters. The molecular formula is C26H26. The summed E-state index contributed by atoms with van der Waals surface area (Å²) in [6.07, 6.45) is 4.48. The number of aryl methyl sites for hydroxylation is 2. The Balaban J connectivity index is 1.77. The van der Waals surface area contributed by atoms with E-state index in [2.05, 4.69) is 113 Å². The van der Waals surface area contributed by atoms with Crippen LogP contribution in [0.3, 0.4) is 0 Å². The Hall–Kier alpha value is -2.86. The van der Waals surface area contributed by atoms with E-state index in [1.54, 1.807) is 0 Å². The quantitative estimate of drug-likeness (QED) is 0.434. The van der Waals surface area contributed by atoms with Crippen LogP contribution in [0, 0.1) is 13.8 Å². The van der Waals surface area contributed by atoms with E-state index in [9.17, 15) is 0 Å². The monoisotopic (exact) mass is 338 g/mol. The van der Waals surface area contributed by atoms with Crippen LogP contribution in [0.5, 0.6) is 0 Å². The second kappa shape index (κ2) is 8.01. The highest BCUT2D eigenvalue weighted by Gasteiger charge is 1.98. The highest BCUT2D eigenvalue weighted by Crippen LogP contribution is 2.21. The first-order chi connectivity index (χ1) is 12.5. The fraction of sp³-hybridized carbons (Fsp3) is 0.154. The smallest absolute Gasteiger partial charge is 0.0227 e. The van der Waals surface area contributed by atoms with Crippen molar-refractivity contribution in [3.8, 4) is 0 Å². The van der Waals surface area contributed by atoms with Gasteiger partial charge in [-0.15, -0.1) is 0 Å². The molecule has 0 fully saturated rings. The summed E-state index contributed by atoms with van der Waals surface area (Å²) in [7, 11) is 0. The largest absolute Gasteiger partial charge is 0.0587 e. The Bertz CT molecular complexity index is 838. The summed E-state index contributed by atoms with van der Waals surface area (Å²) in [5.74, 6) is 0. The summed E-state index contributed by atoms with van der Waals surface area (Å²) in [6.45, 7) is 8.57. The first kappa shape index (κ1) is 17.9. The van der Waals surface area contributed by atoms with Crippen LogP contribution in [0.25, 0.3) is 23.3 Å². The molecule has 0 N–H and O–H groups in total. The Morgan fingerprint density at radius 1 is 0.500 bits per heavy atom. The predicted octanol–water partition coefficient (Wildman–Crippen LogP) is 7.42. The summed E-state index contributed by atoms with van der Waals surface area (Å²) in [5.41, 5.74) is 10.2. The first-order valence-electron chi connectivity index (χ1n) is 9.12. The van der Waals surface area contributed by atoms with Crippen molar-refractivity contribution in [2.75, 3.05) is 0 Å². The minimum Gasteiger partial charge on any atom is -0.0587 e.